The largest absolute Gasteiger partial charge is 0.336 e. The SMILES string of the molecule is CNCc1c(CC(C)C)ncn1C. The maximum Gasteiger partial charge on any atom is 0.0949 e. The number of nitrogens with zero attached hydrogens (tertiary/aromatic N) is 2. The third-order valence-corrected chi connectivity index (χ3v) is 2.09. The average Bonchev–Trinajstić information content (AvgIpc) is 2.35. The van der Waals surface area contributed by atoms with Gasteiger partial charge in [0.2, 0.25) is 0 Å². The molecule has 0 atom stereocenters. The van der Waals surface area contributed by atoms with Crippen molar-refractivity contribution in [3.63, 3.8) is 0 Å². The Hall–Kier alpha value is -0.830. The van der Waals surface area contributed by atoms with Crippen LogP contribution in [0.15, 0.2) is 6.33 Å². The van der Waals surface area contributed by atoms with Crippen molar-refractivity contribution in [2.75, 3.05) is 7.05 Å². The molecule has 0 saturated carbocycles. The van der Waals surface area contributed by atoms with Crippen LogP contribution >= 0.6 is 0 Å². The molecule has 74 valence electrons. The molecular weight excluding hydrogens is 162 g/mol. The van der Waals surface area contributed by atoms with Crippen LogP contribution in [-0.4, -0.2) is 16.6 Å². The van der Waals surface area contributed by atoms with Crippen LogP contribution in [0, 0.1) is 5.92 Å². The van der Waals surface area contributed by atoms with Crippen LogP contribution in [0.5, 0.6) is 0 Å². The van der Waals surface area contributed by atoms with Gasteiger partial charge in [0.05, 0.1) is 17.7 Å². The van der Waals surface area contributed by atoms with Crippen LogP contribution in [0.4, 0.5) is 0 Å². The van der Waals surface area contributed by atoms with Gasteiger partial charge in [0.15, 0.2) is 0 Å². The number of nitrogens with one attached hydrogen (secondary N) is 1. The minimum Gasteiger partial charge on any atom is -0.336 e. The summed E-state index contributed by atoms with van der Waals surface area (Å²) in [4.78, 5) is 4.40. The van der Waals surface area contributed by atoms with E-state index in [-0.39, 0.29) is 0 Å². The molecule has 1 rings (SSSR count). The molecule has 0 aliphatic rings. The normalized spacial score (nSPS) is 11.2. The zero-order valence-electron chi connectivity index (χ0n) is 8.96. The maximum absolute atomic E-state index is 4.40. The number of hydrogen-bond acceptors (Lipinski definition) is 2. The lowest BCUT2D eigenvalue weighted by Crippen LogP contribution is -2.12. The van der Waals surface area contributed by atoms with Crippen LogP contribution in [0.25, 0.3) is 0 Å². The fourth-order valence-corrected chi connectivity index (χ4v) is 1.46. The fourth-order valence-electron chi connectivity index (χ4n) is 1.46. The van der Waals surface area contributed by atoms with Crippen LogP contribution in [0.2, 0.25) is 0 Å². The molecule has 0 aromatic carbocycles. The van der Waals surface area contributed by atoms with Crippen molar-refractivity contribution < 1.29 is 0 Å². The lowest BCUT2D eigenvalue weighted by Gasteiger charge is -2.06. The number of imidazole rings is 1. The van der Waals surface area contributed by atoms with Gasteiger partial charge in [-0.25, -0.2) is 4.98 Å². The average molecular weight is 181 g/mol. The van der Waals surface area contributed by atoms with E-state index in [4.69, 9.17) is 0 Å². The minimum absolute atomic E-state index is 0.672. The summed E-state index contributed by atoms with van der Waals surface area (Å²) in [5.41, 5.74) is 2.53. The molecule has 0 bridgehead atoms. The van der Waals surface area contributed by atoms with Gasteiger partial charge in [-0.05, 0) is 19.4 Å². The van der Waals surface area contributed by atoms with E-state index in [1.54, 1.807) is 0 Å². The molecule has 1 aromatic rings. The second-order valence-electron chi connectivity index (χ2n) is 3.88. The van der Waals surface area contributed by atoms with Crippen molar-refractivity contribution in [1.82, 2.24) is 14.9 Å². The van der Waals surface area contributed by atoms with E-state index < -0.39 is 0 Å². The number of rotatable bonds is 4. The van der Waals surface area contributed by atoms with E-state index in [9.17, 15) is 0 Å². The molecule has 0 saturated heterocycles. The summed E-state index contributed by atoms with van der Waals surface area (Å²) in [7, 11) is 4.01. The van der Waals surface area contributed by atoms with Crippen LogP contribution in [0.1, 0.15) is 25.2 Å². The summed E-state index contributed by atoms with van der Waals surface area (Å²) in [6.07, 6.45) is 2.96. The van der Waals surface area contributed by atoms with Gasteiger partial charge in [0, 0.05) is 13.6 Å². The molecule has 0 aliphatic heterocycles. The van der Waals surface area contributed by atoms with E-state index in [1.807, 2.05) is 20.4 Å². The number of aromatic nitrogens is 2. The summed E-state index contributed by atoms with van der Waals surface area (Å²) in [5, 5.41) is 3.16. The van der Waals surface area contributed by atoms with E-state index in [2.05, 4.69) is 28.7 Å². The summed E-state index contributed by atoms with van der Waals surface area (Å²) in [6, 6.07) is 0. The molecule has 1 N–H and O–H groups in total. The predicted octanol–water partition coefficient (Wildman–Crippen LogP) is 1.34. The Morgan fingerprint density at radius 2 is 2.23 bits per heavy atom. The highest BCUT2D eigenvalue weighted by atomic mass is 15.1. The molecule has 0 aliphatic carbocycles. The Morgan fingerprint density at radius 3 is 2.77 bits per heavy atom. The van der Waals surface area contributed by atoms with Crippen LogP contribution in [-0.2, 0) is 20.0 Å². The highest BCUT2D eigenvalue weighted by Gasteiger charge is 2.08. The first-order valence-electron chi connectivity index (χ1n) is 4.78. The van der Waals surface area contributed by atoms with Gasteiger partial charge in [0.1, 0.15) is 0 Å². The second kappa shape index (κ2) is 4.42. The highest BCUT2D eigenvalue weighted by Crippen LogP contribution is 2.11. The first-order chi connectivity index (χ1) is 6.15. The quantitative estimate of drug-likeness (QED) is 0.759. The molecule has 0 radical (unpaired) electrons. The minimum atomic E-state index is 0.672. The number of aryl methyl sites for hydroxylation is 1. The van der Waals surface area contributed by atoms with Crippen molar-refractivity contribution in [2.45, 2.75) is 26.8 Å². The molecule has 0 spiro atoms. The zero-order valence-corrected chi connectivity index (χ0v) is 8.96. The molecule has 0 amide bonds. The van der Waals surface area contributed by atoms with Crippen molar-refractivity contribution in [1.29, 1.82) is 0 Å². The molecule has 3 heteroatoms. The Labute approximate surface area is 80.2 Å². The lowest BCUT2D eigenvalue weighted by atomic mass is 10.1. The van der Waals surface area contributed by atoms with Gasteiger partial charge in [0.25, 0.3) is 0 Å². The number of hydrogen-bond donors (Lipinski definition) is 1. The Bertz CT molecular complexity index is 263. The van der Waals surface area contributed by atoms with Crippen LogP contribution in [0.3, 0.4) is 0 Å². The van der Waals surface area contributed by atoms with Gasteiger partial charge < -0.3 is 9.88 Å². The molecule has 0 fully saturated rings. The lowest BCUT2D eigenvalue weighted by molar-refractivity contribution is 0.623. The smallest absolute Gasteiger partial charge is 0.0949 e. The third kappa shape index (κ3) is 2.56. The summed E-state index contributed by atoms with van der Waals surface area (Å²) >= 11 is 0. The molecule has 1 aromatic heterocycles. The van der Waals surface area contributed by atoms with Gasteiger partial charge in [-0.3, -0.25) is 0 Å². The van der Waals surface area contributed by atoms with E-state index >= 15 is 0 Å². The molecular formula is C10H19N3. The molecule has 13 heavy (non-hydrogen) atoms. The standard InChI is InChI=1S/C10H19N3/c1-8(2)5-9-10(6-11-3)13(4)7-12-9/h7-8,11H,5-6H2,1-4H3. The monoisotopic (exact) mass is 181 g/mol. The second-order valence-corrected chi connectivity index (χ2v) is 3.88. The fraction of sp³-hybridized carbons (Fsp3) is 0.700. The molecule has 1 heterocycles. The van der Waals surface area contributed by atoms with E-state index in [0.29, 0.717) is 5.92 Å². The van der Waals surface area contributed by atoms with Crippen molar-refractivity contribution in [3.05, 3.63) is 17.7 Å². The Morgan fingerprint density at radius 1 is 1.54 bits per heavy atom. The van der Waals surface area contributed by atoms with Gasteiger partial charge >= 0.3 is 0 Å². The van der Waals surface area contributed by atoms with Gasteiger partial charge in [-0.1, -0.05) is 13.8 Å². The van der Waals surface area contributed by atoms with E-state index in [0.717, 1.165) is 13.0 Å². The summed E-state index contributed by atoms with van der Waals surface area (Å²) < 4.78 is 2.09. The summed E-state index contributed by atoms with van der Waals surface area (Å²) in [5.74, 6) is 0.672. The molecule has 0 unspecified atom stereocenters. The highest BCUT2D eigenvalue weighted by molar-refractivity contribution is 5.13. The summed E-state index contributed by atoms with van der Waals surface area (Å²) in [6.45, 7) is 5.34. The van der Waals surface area contributed by atoms with Crippen LogP contribution < -0.4 is 5.32 Å². The Kier molecular flexibility index (Phi) is 3.48. The third-order valence-electron chi connectivity index (χ3n) is 2.09. The van der Waals surface area contributed by atoms with Crippen molar-refractivity contribution in [2.24, 2.45) is 13.0 Å². The first kappa shape index (κ1) is 10.3. The van der Waals surface area contributed by atoms with E-state index in [1.165, 1.54) is 11.4 Å². The van der Waals surface area contributed by atoms with Crippen molar-refractivity contribution >= 4 is 0 Å². The molecule has 3 nitrogen and oxygen atoms in total. The van der Waals surface area contributed by atoms with Gasteiger partial charge in [-0.15, -0.1) is 0 Å². The zero-order chi connectivity index (χ0) is 9.84. The predicted molar refractivity (Wildman–Crippen MR) is 54.5 cm³/mol. The van der Waals surface area contributed by atoms with Gasteiger partial charge in [-0.2, -0.15) is 0 Å². The topological polar surface area (TPSA) is 29.9 Å². The van der Waals surface area contributed by atoms with Crippen molar-refractivity contribution in [3.8, 4) is 0 Å². The maximum atomic E-state index is 4.40. The Balaban J connectivity index is 2.80. The first-order valence-corrected chi connectivity index (χ1v) is 4.78.